The summed E-state index contributed by atoms with van der Waals surface area (Å²) in [5, 5.41) is 14.1. The maximum atomic E-state index is 11.9. The van der Waals surface area contributed by atoms with Crippen LogP contribution in [-0.2, 0) is 0 Å². The number of hydrogen-bond donors (Lipinski definition) is 2. The Morgan fingerprint density at radius 1 is 1.56 bits per heavy atom. The summed E-state index contributed by atoms with van der Waals surface area (Å²) in [6.45, 7) is 1.82. The number of nitriles is 1. The number of aromatic nitrogens is 1. The van der Waals surface area contributed by atoms with Gasteiger partial charge in [0.2, 0.25) is 0 Å². The minimum absolute atomic E-state index is 0.329. The third kappa shape index (κ3) is 2.47. The van der Waals surface area contributed by atoms with Crippen LogP contribution in [0, 0.1) is 18.3 Å². The molecule has 0 fully saturated rings. The van der Waals surface area contributed by atoms with Gasteiger partial charge in [-0.05, 0) is 25.1 Å². The highest BCUT2D eigenvalue weighted by Gasteiger charge is 2.11. The average molecular weight is 258 g/mol. The van der Waals surface area contributed by atoms with Crippen molar-refractivity contribution in [2.24, 2.45) is 0 Å². The van der Waals surface area contributed by atoms with Crippen molar-refractivity contribution in [3.8, 4) is 6.07 Å². The van der Waals surface area contributed by atoms with Crippen LogP contribution in [0.5, 0.6) is 0 Å². The molecule has 0 aliphatic rings. The fraction of sp³-hybridized carbons (Fsp3) is 0.0833. The third-order valence-corrected chi connectivity index (χ3v) is 3.04. The number of nitrogens with one attached hydrogen (secondary N) is 1. The van der Waals surface area contributed by atoms with E-state index in [4.69, 9.17) is 11.0 Å². The summed E-state index contributed by atoms with van der Waals surface area (Å²) in [6.07, 6.45) is 0. The number of nitrogen functional groups attached to an aromatic ring is 1. The molecule has 0 saturated carbocycles. The highest BCUT2D eigenvalue weighted by molar-refractivity contribution is 7.09. The number of aryl methyl sites for hydroxylation is 1. The van der Waals surface area contributed by atoms with E-state index in [2.05, 4.69) is 10.3 Å². The first kappa shape index (κ1) is 12.1. The van der Waals surface area contributed by atoms with Gasteiger partial charge in [0.15, 0.2) is 0 Å². The van der Waals surface area contributed by atoms with Crippen LogP contribution in [-0.4, -0.2) is 10.9 Å². The first-order valence-electron chi connectivity index (χ1n) is 5.13. The summed E-state index contributed by atoms with van der Waals surface area (Å²) >= 11 is 1.40. The van der Waals surface area contributed by atoms with Crippen molar-refractivity contribution in [3.63, 3.8) is 0 Å². The van der Waals surface area contributed by atoms with E-state index in [9.17, 15) is 4.79 Å². The number of carbonyl (C=O) groups is 1. The number of anilines is 2. The van der Waals surface area contributed by atoms with Crippen LogP contribution in [0.4, 0.5) is 11.4 Å². The quantitative estimate of drug-likeness (QED) is 0.807. The molecular weight excluding hydrogens is 248 g/mol. The summed E-state index contributed by atoms with van der Waals surface area (Å²) in [4.78, 5) is 16.0. The van der Waals surface area contributed by atoms with E-state index in [1.54, 1.807) is 17.5 Å². The maximum Gasteiger partial charge on any atom is 0.275 e. The molecule has 1 amide bonds. The zero-order chi connectivity index (χ0) is 13.1. The zero-order valence-electron chi connectivity index (χ0n) is 9.60. The SMILES string of the molecule is Cc1nc(C(=O)Nc2ccc(N)cc2C#N)cs1. The second kappa shape index (κ2) is 4.85. The van der Waals surface area contributed by atoms with Gasteiger partial charge in [0.05, 0.1) is 16.3 Å². The van der Waals surface area contributed by atoms with Crippen LogP contribution >= 0.6 is 11.3 Å². The summed E-state index contributed by atoms with van der Waals surface area (Å²) < 4.78 is 0. The van der Waals surface area contributed by atoms with Crippen LogP contribution in [0.1, 0.15) is 21.1 Å². The summed E-state index contributed by atoms with van der Waals surface area (Å²) in [7, 11) is 0. The molecule has 0 saturated heterocycles. The molecule has 18 heavy (non-hydrogen) atoms. The van der Waals surface area contributed by atoms with Gasteiger partial charge in [-0.25, -0.2) is 4.98 Å². The van der Waals surface area contributed by atoms with Gasteiger partial charge in [-0.1, -0.05) is 0 Å². The number of hydrogen-bond acceptors (Lipinski definition) is 5. The van der Waals surface area contributed by atoms with E-state index in [1.165, 1.54) is 17.4 Å². The second-order valence-corrected chi connectivity index (χ2v) is 4.68. The van der Waals surface area contributed by atoms with Crippen LogP contribution in [0.25, 0.3) is 0 Å². The Morgan fingerprint density at radius 2 is 2.33 bits per heavy atom. The van der Waals surface area contributed by atoms with E-state index < -0.39 is 0 Å². The van der Waals surface area contributed by atoms with Gasteiger partial charge in [-0.3, -0.25) is 4.79 Å². The van der Waals surface area contributed by atoms with Crippen LogP contribution < -0.4 is 11.1 Å². The number of nitrogens with zero attached hydrogens (tertiary/aromatic N) is 2. The number of amides is 1. The predicted octanol–water partition coefficient (Wildman–Crippen LogP) is 2.16. The molecule has 6 heteroatoms. The normalized spacial score (nSPS) is 9.78. The molecule has 90 valence electrons. The van der Waals surface area contributed by atoms with Crippen molar-refractivity contribution < 1.29 is 4.79 Å². The summed E-state index contributed by atoms with van der Waals surface area (Å²) in [5.41, 5.74) is 7.16. The van der Waals surface area contributed by atoms with E-state index >= 15 is 0 Å². The van der Waals surface area contributed by atoms with Gasteiger partial charge in [-0.15, -0.1) is 11.3 Å². The van der Waals surface area contributed by atoms with Crippen LogP contribution in [0.3, 0.4) is 0 Å². The fourth-order valence-electron chi connectivity index (χ4n) is 1.42. The van der Waals surface area contributed by atoms with Gasteiger partial charge in [-0.2, -0.15) is 5.26 Å². The molecule has 0 aliphatic heterocycles. The Hall–Kier alpha value is -2.39. The lowest BCUT2D eigenvalue weighted by Crippen LogP contribution is -2.13. The molecule has 0 aliphatic carbocycles. The zero-order valence-corrected chi connectivity index (χ0v) is 10.4. The molecule has 0 spiro atoms. The third-order valence-electron chi connectivity index (χ3n) is 2.26. The fourth-order valence-corrected chi connectivity index (χ4v) is 2.01. The van der Waals surface area contributed by atoms with E-state index in [1.807, 2.05) is 13.0 Å². The molecule has 2 aromatic rings. The van der Waals surface area contributed by atoms with Crippen LogP contribution in [0.2, 0.25) is 0 Å². The monoisotopic (exact) mass is 258 g/mol. The molecule has 2 rings (SSSR count). The number of nitrogens with two attached hydrogens (primary N) is 1. The number of carbonyl (C=O) groups excluding carboxylic acids is 1. The molecule has 1 aromatic carbocycles. The molecule has 1 heterocycles. The molecular formula is C12H10N4OS. The first-order valence-corrected chi connectivity index (χ1v) is 6.01. The van der Waals surface area contributed by atoms with Gasteiger partial charge in [0.25, 0.3) is 5.91 Å². The van der Waals surface area contributed by atoms with Crippen molar-refractivity contribution in [2.75, 3.05) is 11.1 Å². The summed E-state index contributed by atoms with van der Waals surface area (Å²) in [5.74, 6) is -0.333. The maximum absolute atomic E-state index is 11.9. The largest absolute Gasteiger partial charge is 0.399 e. The molecule has 3 N–H and O–H groups in total. The van der Waals surface area contributed by atoms with Gasteiger partial charge in [0, 0.05) is 11.1 Å². The molecule has 0 bridgehead atoms. The number of benzene rings is 1. The van der Waals surface area contributed by atoms with Crippen molar-refractivity contribution in [1.29, 1.82) is 5.26 Å². The Morgan fingerprint density at radius 3 is 2.94 bits per heavy atom. The standard InChI is InChI=1S/C12H10N4OS/c1-7-15-11(6-18-7)12(17)16-10-3-2-9(14)4-8(10)5-13/h2-4,6H,14H2,1H3,(H,16,17). The smallest absolute Gasteiger partial charge is 0.275 e. The Labute approximate surface area is 108 Å². The van der Waals surface area contributed by atoms with Crippen molar-refractivity contribution in [2.45, 2.75) is 6.92 Å². The highest BCUT2D eigenvalue weighted by atomic mass is 32.1. The molecule has 0 radical (unpaired) electrons. The molecule has 0 atom stereocenters. The number of thiazole rings is 1. The lowest BCUT2D eigenvalue weighted by Gasteiger charge is -2.05. The molecule has 0 unspecified atom stereocenters. The van der Waals surface area contributed by atoms with E-state index in [0.717, 1.165) is 5.01 Å². The predicted molar refractivity (Wildman–Crippen MR) is 70.4 cm³/mol. The Kier molecular flexibility index (Phi) is 3.26. The van der Waals surface area contributed by atoms with E-state index in [-0.39, 0.29) is 5.91 Å². The first-order chi connectivity index (χ1) is 8.60. The Balaban J connectivity index is 2.25. The van der Waals surface area contributed by atoms with Crippen molar-refractivity contribution in [3.05, 3.63) is 39.8 Å². The molecule has 1 aromatic heterocycles. The highest BCUT2D eigenvalue weighted by Crippen LogP contribution is 2.19. The lowest BCUT2D eigenvalue weighted by atomic mass is 10.1. The van der Waals surface area contributed by atoms with Gasteiger partial charge < -0.3 is 11.1 Å². The van der Waals surface area contributed by atoms with Crippen molar-refractivity contribution >= 4 is 28.6 Å². The van der Waals surface area contributed by atoms with Crippen molar-refractivity contribution in [1.82, 2.24) is 4.98 Å². The topological polar surface area (TPSA) is 91.8 Å². The number of rotatable bonds is 2. The van der Waals surface area contributed by atoms with Gasteiger partial charge in [0.1, 0.15) is 11.8 Å². The summed E-state index contributed by atoms with van der Waals surface area (Å²) in [6, 6.07) is 6.73. The van der Waals surface area contributed by atoms with E-state index in [0.29, 0.717) is 22.6 Å². The minimum atomic E-state index is -0.333. The van der Waals surface area contributed by atoms with Crippen LogP contribution in [0.15, 0.2) is 23.6 Å². The second-order valence-electron chi connectivity index (χ2n) is 3.62. The average Bonchev–Trinajstić information content (AvgIpc) is 2.78. The molecule has 5 nitrogen and oxygen atoms in total. The van der Waals surface area contributed by atoms with Gasteiger partial charge >= 0.3 is 0 Å². The minimum Gasteiger partial charge on any atom is -0.399 e. The Bertz CT molecular complexity index is 642. The lowest BCUT2D eigenvalue weighted by molar-refractivity contribution is 0.102.